The first-order chi connectivity index (χ1) is 10.1. The summed E-state index contributed by atoms with van der Waals surface area (Å²) in [5, 5.41) is 20.1. The second kappa shape index (κ2) is 5.24. The van der Waals surface area contributed by atoms with Gasteiger partial charge < -0.3 is 15.2 Å². The second-order valence-electron chi connectivity index (χ2n) is 5.64. The van der Waals surface area contributed by atoms with E-state index >= 15 is 0 Å². The fourth-order valence-electron chi connectivity index (χ4n) is 3.11. The highest BCUT2D eigenvalue weighted by atomic mass is 16.4. The molecule has 2 unspecified atom stereocenters. The number of rotatable bonds is 4. The topological polar surface area (TPSA) is 85.7 Å². The Morgan fingerprint density at radius 2 is 2.19 bits per heavy atom. The van der Waals surface area contributed by atoms with Crippen LogP contribution < -0.4 is 0 Å². The Morgan fingerprint density at radius 3 is 2.95 bits per heavy atom. The number of nitrogens with one attached hydrogen (secondary N) is 1. The van der Waals surface area contributed by atoms with Gasteiger partial charge in [-0.3, -0.25) is 9.79 Å². The molecule has 2 heterocycles. The molecular formula is C16H18N2O3. The van der Waals surface area contributed by atoms with Crippen LogP contribution in [-0.4, -0.2) is 33.4 Å². The molecule has 5 nitrogen and oxygen atoms in total. The van der Waals surface area contributed by atoms with Crippen molar-refractivity contribution in [3.63, 3.8) is 0 Å². The van der Waals surface area contributed by atoms with Gasteiger partial charge in [-0.25, -0.2) is 0 Å². The first kappa shape index (κ1) is 13.7. The van der Waals surface area contributed by atoms with Crippen molar-refractivity contribution in [1.82, 2.24) is 4.98 Å². The standard InChI is InChI=1S/C16H18N2O3/c1-9-8-17-15(10(9)6-7-13(19)20)14-11-4-2-3-5-12(11)18-16(14)21/h2-5,9-10,18,21H,6-8H2,1H3,(H,19,20). The number of benzene rings is 1. The van der Waals surface area contributed by atoms with Crippen LogP contribution in [-0.2, 0) is 4.79 Å². The summed E-state index contributed by atoms with van der Waals surface area (Å²) >= 11 is 0. The van der Waals surface area contributed by atoms with Crippen LogP contribution in [0.15, 0.2) is 29.3 Å². The minimum atomic E-state index is -0.795. The molecule has 0 aliphatic carbocycles. The number of carbonyl (C=O) groups is 1. The average Bonchev–Trinajstić information content (AvgIpc) is 2.95. The molecule has 0 spiro atoms. The molecule has 0 saturated carbocycles. The van der Waals surface area contributed by atoms with Gasteiger partial charge in [-0.05, 0) is 18.4 Å². The molecule has 110 valence electrons. The van der Waals surface area contributed by atoms with Crippen LogP contribution in [0.2, 0.25) is 0 Å². The Labute approximate surface area is 122 Å². The zero-order valence-corrected chi connectivity index (χ0v) is 11.8. The van der Waals surface area contributed by atoms with Crippen molar-refractivity contribution in [3.8, 4) is 5.88 Å². The minimum absolute atomic E-state index is 0.0752. The van der Waals surface area contributed by atoms with Crippen molar-refractivity contribution in [2.75, 3.05) is 6.54 Å². The highest BCUT2D eigenvalue weighted by Gasteiger charge is 2.32. The molecule has 2 aromatic rings. The number of hydrogen-bond acceptors (Lipinski definition) is 3. The fourth-order valence-corrected chi connectivity index (χ4v) is 3.11. The normalized spacial score (nSPS) is 21.7. The molecule has 3 rings (SSSR count). The summed E-state index contributed by atoms with van der Waals surface area (Å²) < 4.78 is 0. The summed E-state index contributed by atoms with van der Waals surface area (Å²) in [4.78, 5) is 18.4. The number of aliphatic imine (C=N–C) groups is 1. The van der Waals surface area contributed by atoms with Crippen molar-refractivity contribution in [3.05, 3.63) is 29.8 Å². The van der Waals surface area contributed by atoms with Crippen molar-refractivity contribution >= 4 is 22.6 Å². The van der Waals surface area contributed by atoms with E-state index < -0.39 is 5.97 Å². The van der Waals surface area contributed by atoms with Crippen LogP contribution >= 0.6 is 0 Å². The molecule has 5 heteroatoms. The summed E-state index contributed by atoms with van der Waals surface area (Å²) in [6.45, 7) is 2.76. The number of hydrogen-bond donors (Lipinski definition) is 3. The van der Waals surface area contributed by atoms with Crippen LogP contribution in [0.3, 0.4) is 0 Å². The van der Waals surface area contributed by atoms with Crippen LogP contribution in [0.5, 0.6) is 5.88 Å². The monoisotopic (exact) mass is 286 g/mol. The lowest BCUT2D eigenvalue weighted by Crippen LogP contribution is -2.19. The third-order valence-corrected chi connectivity index (χ3v) is 4.20. The summed E-state index contributed by atoms with van der Waals surface area (Å²) in [6.07, 6.45) is 0.672. The van der Waals surface area contributed by atoms with E-state index in [9.17, 15) is 9.90 Å². The molecule has 0 bridgehead atoms. The van der Waals surface area contributed by atoms with Crippen LogP contribution in [0.25, 0.3) is 10.9 Å². The Balaban J connectivity index is 2.00. The minimum Gasteiger partial charge on any atom is -0.494 e. The van der Waals surface area contributed by atoms with E-state index in [1.807, 2.05) is 24.3 Å². The molecule has 0 saturated heterocycles. The van der Waals surface area contributed by atoms with Gasteiger partial charge in [-0.15, -0.1) is 0 Å². The first-order valence-corrected chi connectivity index (χ1v) is 7.14. The zero-order valence-electron chi connectivity index (χ0n) is 11.8. The van der Waals surface area contributed by atoms with E-state index in [0.29, 0.717) is 18.9 Å². The molecule has 3 N–H and O–H groups in total. The highest BCUT2D eigenvalue weighted by Crippen LogP contribution is 2.36. The van der Waals surface area contributed by atoms with Gasteiger partial charge >= 0.3 is 5.97 Å². The number of H-pyrrole nitrogens is 1. The van der Waals surface area contributed by atoms with Gasteiger partial charge in [0.25, 0.3) is 0 Å². The lowest BCUT2D eigenvalue weighted by molar-refractivity contribution is -0.137. The SMILES string of the molecule is CC1CN=C(c2c(O)[nH]c3ccccc23)C1CCC(=O)O. The molecular weight excluding hydrogens is 268 g/mol. The summed E-state index contributed by atoms with van der Waals surface area (Å²) in [5.41, 5.74) is 2.42. The van der Waals surface area contributed by atoms with E-state index in [1.165, 1.54) is 0 Å². The number of aromatic nitrogens is 1. The van der Waals surface area contributed by atoms with Gasteiger partial charge in [0.1, 0.15) is 0 Å². The van der Waals surface area contributed by atoms with Gasteiger partial charge in [0, 0.05) is 29.8 Å². The number of aromatic hydroxyl groups is 1. The molecule has 21 heavy (non-hydrogen) atoms. The summed E-state index contributed by atoms with van der Waals surface area (Å²) in [7, 11) is 0. The number of carboxylic acid groups (broad SMARTS) is 1. The maximum Gasteiger partial charge on any atom is 0.303 e. The molecule has 1 aliphatic heterocycles. The summed E-state index contributed by atoms with van der Waals surface area (Å²) in [6, 6.07) is 7.68. The van der Waals surface area contributed by atoms with E-state index in [-0.39, 0.29) is 18.2 Å². The predicted molar refractivity (Wildman–Crippen MR) is 80.9 cm³/mol. The highest BCUT2D eigenvalue weighted by molar-refractivity contribution is 6.14. The zero-order chi connectivity index (χ0) is 15.0. The predicted octanol–water partition coefficient (Wildman–Crippen LogP) is 2.79. The first-order valence-electron chi connectivity index (χ1n) is 7.14. The van der Waals surface area contributed by atoms with Gasteiger partial charge in [0.15, 0.2) is 5.88 Å². The van der Waals surface area contributed by atoms with E-state index in [0.717, 1.165) is 22.2 Å². The van der Waals surface area contributed by atoms with Gasteiger partial charge in [0.05, 0.1) is 11.3 Å². The summed E-state index contributed by atoms with van der Waals surface area (Å²) in [5.74, 6) is -0.306. The van der Waals surface area contributed by atoms with Crippen molar-refractivity contribution < 1.29 is 15.0 Å². The van der Waals surface area contributed by atoms with Crippen LogP contribution in [0.1, 0.15) is 25.3 Å². The number of fused-ring (bicyclic) bond motifs is 1. The fraction of sp³-hybridized carbons (Fsp3) is 0.375. The second-order valence-corrected chi connectivity index (χ2v) is 5.64. The third-order valence-electron chi connectivity index (χ3n) is 4.20. The Kier molecular flexibility index (Phi) is 3.41. The lowest BCUT2D eigenvalue weighted by Gasteiger charge is -2.16. The van der Waals surface area contributed by atoms with E-state index in [2.05, 4.69) is 16.9 Å². The van der Waals surface area contributed by atoms with Crippen molar-refractivity contribution in [1.29, 1.82) is 0 Å². The van der Waals surface area contributed by atoms with Crippen molar-refractivity contribution in [2.45, 2.75) is 19.8 Å². The molecule has 0 radical (unpaired) electrons. The maximum absolute atomic E-state index is 10.8. The number of carboxylic acids is 1. The van der Waals surface area contributed by atoms with E-state index in [4.69, 9.17) is 5.11 Å². The molecule has 0 fully saturated rings. The smallest absolute Gasteiger partial charge is 0.303 e. The van der Waals surface area contributed by atoms with Gasteiger partial charge in [0.2, 0.25) is 0 Å². The molecule has 1 aromatic heterocycles. The van der Waals surface area contributed by atoms with Gasteiger partial charge in [-0.2, -0.15) is 0 Å². The molecule has 1 aliphatic rings. The number of para-hydroxylation sites is 1. The molecule has 1 aromatic carbocycles. The number of nitrogens with zero attached hydrogens (tertiary/aromatic N) is 1. The molecule has 0 amide bonds. The Hall–Kier alpha value is -2.30. The molecule has 2 atom stereocenters. The lowest BCUT2D eigenvalue weighted by atomic mass is 9.85. The third kappa shape index (κ3) is 2.39. The van der Waals surface area contributed by atoms with E-state index in [1.54, 1.807) is 0 Å². The van der Waals surface area contributed by atoms with Gasteiger partial charge in [-0.1, -0.05) is 25.1 Å². The van der Waals surface area contributed by atoms with Crippen molar-refractivity contribution in [2.24, 2.45) is 16.8 Å². The van der Waals surface area contributed by atoms with Crippen LogP contribution in [0.4, 0.5) is 0 Å². The maximum atomic E-state index is 10.8. The largest absolute Gasteiger partial charge is 0.494 e. The Bertz CT molecular complexity index is 717. The van der Waals surface area contributed by atoms with Crippen LogP contribution in [0, 0.1) is 11.8 Å². The number of aliphatic carboxylic acids is 1. The average molecular weight is 286 g/mol. The quantitative estimate of drug-likeness (QED) is 0.807. The number of aromatic amines is 1. The Morgan fingerprint density at radius 1 is 1.43 bits per heavy atom.